The Bertz CT molecular complexity index is 1290. The van der Waals surface area contributed by atoms with Gasteiger partial charge in [-0.1, -0.05) is 29.8 Å². The summed E-state index contributed by atoms with van der Waals surface area (Å²) in [6.07, 6.45) is 1.31. The van der Waals surface area contributed by atoms with Crippen LogP contribution >= 0.6 is 11.6 Å². The van der Waals surface area contributed by atoms with E-state index < -0.39 is 22.7 Å². The molecule has 2 amide bonds. The molecule has 0 atom stereocenters. The van der Waals surface area contributed by atoms with Gasteiger partial charge >= 0.3 is 5.97 Å². The molecule has 172 valence electrons. The minimum absolute atomic E-state index is 0.164. The first kappa shape index (κ1) is 24.1. The number of benzene rings is 3. The highest BCUT2D eigenvalue weighted by Crippen LogP contribution is 2.18. The molecule has 0 fully saturated rings. The molecule has 0 aliphatic heterocycles. The number of nitrogens with one attached hydrogen (secondary N) is 2. The minimum atomic E-state index is -0.687. The number of halogens is 1. The lowest BCUT2D eigenvalue weighted by atomic mass is 10.1. The second kappa shape index (κ2) is 10.9. The van der Waals surface area contributed by atoms with Gasteiger partial charge in [0.25, 0.3) is 17.5 Å². The third kappa shape index (κ3) is 6.27. The summed E-state index contributed by atoms with van der Waals surface area (Å²) >= 11 is 5.95. The third-order valence-electron chi connectivity index (χ3n) is 4.54. The summed E-state index contributed by atoms with van der Waals surface area (Å²) < 4.78 is 4.64. The second-order valence-corrected chi connectivity index (χ2v) is 7.33. The van der Waals surface area contributed by atoms with E-state index in [-0.39, 0.29) is 16.9 Å². The van der Waals surface area contributed by atoms with E-state index in [1.165, 1.54) is 67.8 Å². The fourth-order valence-corrected chi connectivity index (χ4v) is 3.07. The molecule has 0 radical (unpaired) electrons. The Morgan fingerprint density at radius 1 is 0.971 bits per heavy atom. The highest BCUT2D eigenvalue weighted by molar-refractivity contribution is 6.31. The second-order valence-electron chi connectivity index (χ2n) is 6.90. The molecule has 0 aromatic heterocycles. The van der Waals surface area contributed by atoms with Crippen molar-refractivity contribution in [2.75, 3.05) is 12.4 Å². The van der Waals surface area contributed by atoms with Gasteiger partial charge < -0.3 is 15.4 Å². The standard InChI is InChI=1S/C24H18ClN3O6/c1-34-24(31)16-8-10-19(11-9-16)26-23(30)21(13-15-4-2-7-20(12-15)28(32)33)27-22(29)17-5-3-6-18(25)14-17/h2-14H,1H3,(H,26,30)(H,27,29). The quantitative estimate of drug-likeness (QED) is 0.223. The van der Waals surface area contributed by atoms with Gasteiger partial charge in [0.05, 0.1) is 17.6 Å². The summed E-state index contributed by atoms with van der Waals surface area (Å²) in [5, 5.41) is 16.6. The molecular formula is C24H18ClN3O6. The van der Waals surface area contributed by atoms with E-state index in [9.17, 15) is 24.5 Å². The van der Waals surface area contributed by atoms with E-state index in [1.54, 1.807) is 18.2 Å². The Balaban J connectivity index is 1.91. The number of hydrogen-bond acceptors (Lipinski definition) is 6. The molecule has 0 aliphatic rings. The number of hydrogen-bond donors (Lipinski definition) is 2. The fraction of sp³-hybridized carbons (Fsp3) is 0.0417. The molecule has 10 heteroatoms. The average molecular weight is 480 g/mol. The topological polar surface area (TPSA) is 128 Å². The summed E-state index contributed by atoms with van der Waals surface area (Å²) in [6.45, 7) is 0. The number of amides is 2. The smallest absolute Gasteiger partial charge is 0.337 e. The van der Waals surface area contributed by atoms with E-state index in [2.05, 4.69) is 15.4 Å². The molecule has 0 spiro atoms. The van der Waals surface area contributed by atoms with Gasteiger partial charge in [0.15, 0.2) is 0 Å². The van der Waals surface area contributed by atoms with E-state index in [1.807, 2.05) is 0 Å². The van der Waals surface area contributed by atoms with Crippen molar-refractivity contribution < 1.29 is 24.0 Å². The van der Waals surface area contributed by atoms with Crippen molar-refractivity contribution in [3.63, 3.8) is 0 Å². The lowest BCUT2D eigenvalue weighted by molar-refractivity contribution is -0.384. The predicted molar refractivity (Wildman–Crippen MR) is 126 cm³/mol. The highest BCUT2D eigenvalue weighted by Gasteiger charge is 2.16. The monoisotopic (exact) mass is 479 g/mol. The van der Waals surface area contributed by atoms with Crippen molar-refractivity contribution in [3.8, 4) is 0 Å². The minimum Gasteiger partial charge on any atom is -0.465 e. The zero-order valence-corrected chi connectivity index (χ0v) is 18.5. The van der Waals surface area contributed by atoms with Crippen LogP contribution in [0.5, 0.6) is 0 Å². The van der Waals surface area contributed by atoms with Gasteiger partial charge in [-0.15, -0.1) is 0 Å². The first-order valence-electron chi connectivity index (χ1n) is 9.79. The van der Waals surface area contributed by atoms with Gasteiger partial charge in [0, 0.05) is 28.4 Å². The molecule has 0 saturated heterocycles. The first-order chi connectivity index (χ1) is 16.3. The number of methoxy groups -OCH3 is 1. The van der Waals surface area contributed by atoms with Crippen molar-refractivity contribution in [1.29, 1.82) is 0 Å². The number of anilines is 1. The van der Waals surface area contributed by atoms with Gasteiger partial charge in [0.1, 0.15) is 5.70 Å². The molecule has 0 bridgehead atoms. The van der Waals surface area contributed by atoms with E-state index in [4.69, 9.17) is 11.6 Å². The van der Waals surface area contributed by atoms with E-state index >= 15 is 0 Å². The van der Waals surface area contributed by atoms with Crippen LogP contribution in [0, 0.1) is 10.1 Å². The molecule has 0 saturated carbocycles. The van der Waals surface area contributed by atoms with Crippen LogP contribution in [0.1, 0.15) is 26.3 Å². The maximum atomic E-state index is 13.0. The van der Waals surface area contributed by atoms with Gasteiger partial charge in [-0.3, -0.25) is 19.7 Å². The van der Waals surface area contributed by atoms with Gasteiger partial charge in [-0.25, -0.2) is 4.79 Å². The molecular weight excluding hydrogens is 462 g/mol. The summed E-state index contributed by atoms with van der Waals surface area (Å²) in [7, 11) is 1.26. The highest BCUT2D eigenvalue weighted by atomic mass is 35.5. The van der Waals surface area contributed by atoms with E-state index in [0.717, 1.165) is 0 Å². The van der Waals surface area contributed by atoms with E-state index in [0.29, 0.717) is 21.8 Å². The van der Waals surface area contributed by atoms with Crippen molar-refractivity contribution >= 4 is 46.8 Å². The van der Waals surface area contributed by atoms with Gasteiger partial charge in [0.2, 0.25) is 0 Å². The normalized spacial score (nSPS) is 10.8. The third-order valence-corrected chi connectivity index (χ3v) is 4.77. The summed E-state index contributed by atoms with van der Waals surface area (Å²) in [4.78, 5) is 47.9. The number of ether oxygens (including phenoxy) is 1. The molecule has 9 nitrogen and oxygen atoms in total. The summed E-state index contributed by atoms with van der Waals surface area (Å²) in [5.41, 5.74) is 0.844. The number of nitro benzene ring substituents is 1. The summed E-state index contributed by atoms with van der Waals surface area (Å²) in [6, 6.07) is 17.7. The van der Waals surface area contributed by atoms with Crippen LogP contribution in [0.4, 0.5) is 11.4 Å². The van der Waals surface area contributed by atoms with Crippen LogP contribution in [0.25, 0.3) is 6.08 Å². The number of esters is 1. The van der Waals surface area contributed by atoms with Crippen LogP contribution in [0.3, 0.4) is 0 Å². The largest absolute Gasteiger partial charge is 0.465 e. The molecule has 2 N–H and O–H groups in total. The number of rotatable bonds is 7. The van der Waals surface area contributed by atoms with Gasteiger partial charge in [-0.05, 0) is 54.1 Å². The lowest BCUT2D eigenvalue weighted by Crippen LogP contribution is -2.30. The molecule has 3 rings (SSSR count). The first-order valence-corrected chi connectivity index (χ1v) is 10.2. The Morgan fingerprint density at radius 3 is 2.32 bits per heavy atom. The number of carbonyl (C=O) groups excluding carboxylic acids is 3. The van der Waals surface area contributed by atoms with Crippen LogP contribution in [0.2, 0.25) is 5.02 Å². The molecule has 3 aromatic carbocycles. The van der Waals surface area contributed by atoms with Crippen LogP contribution < -0.4 is 10.6 Å². The van der Waals surface area contributed by atoms with Crippen LogP contribution in [-0.4, -0.2) is 29.8 Å². The maximum absolute atomic E-state index is 13.0. The lowest BCUT2D eigenvalue weighted by Gasteiger charge is -2.12. The number of nitrogens with zero attached hydrogens (tertiary/aromatic N) is 1. The number of nitro groups is 1. The van der Waals surface area contributed by atoms with Crippen molar-refractivity contribution in [1.82, 2.24) is 5.32 Å². The number of non-ortho nitro benzene ring substituents is 1. The molecule has 3 aromatic rings. The zero-order valence-electron chi connectivity index (χ0n) is 17.8. The van der Waals surface area contributed by atoms with Crippen molar-refractivity contribution in [2.24, 2.45) is 0 Å². The molecule has 0 heterocycles. The van der Waals surface area contributed by atoms with Gasteiger partial charge in [-0.2, -0.15) is 0 Å². The molecule has 0 unspecified atom stereocenters. The predicted octanol–water partition coefficient (Wildman–Crippen LogP) is 4.44. The zero-order chi connectivity index (χ0) is 24.7. The molecule has 34 heavy (non-hydrogen) atoms. The van der Waals surface area contributed by atoms with Crippen molar-refractivity contribution in [3.05, 3.63) is 110 Å². The SMILES string of the molecule is COC(=O)c1ccc(NC(=O)C(=Cc2cccc([N+](=O)[O-])c2)NC(=O)c2cccc(Cl)c2)cc1. The Kier molecular flexibility index (Phi) is 7.73. The van der Waals surface area contributed by atoms with Crippen LogP contribution in [-0.2, 0) is 9.53 Å². The Labute approximate surface area is 199 Å². The average Bonchev–Trinajstić information content (AvgIpc) is 2.83. The summed E-state index contributed by atoms with van der Waals surface area (Å²) in [5.74, 6) is -1.82. The maximum Gasteiger partial charge on any atom is 0.337 e. The number of carbonyl (C=O) groups is 3. The van der Waals surface area contributed by atoms with Crippen molar-refractivity contribution in [2.45, 2.75) is 0 Å². The molecule has 0 aliphatic carbocycles. The van der Waals surface area contributed by atoms with Crippen LogP contribution in [0.15, 0.2) is 78.5 Å². The Morgan fingerprint density at radius 2 is 1.68 bits per heavy atom. The fourth-order valence-electron chi connectivity index (χ4n) is 2.88. The Hall–Kier alpha value is -4.50.